The first-order valence-corrected chi connectivity index (χ1v) is 8.13. The quantitative estimate of drug-likeness (QED) is 0.879. The number of ether oxygens (including phenoxy) is 1. The highest BCUT2D eigenvalue weighted by Crippen LogP contribution is 2.43. The molecule has 1 aliphatic heterocycles. The van der Waals surface area contributed by atoms with Gasteiger partial charge in [0.15, 0.2) is 0 Å². The van der Waals surface area contributed by atoms with Crippen molar-refractivity contribution in [3.63, 3.8) is 0 Å². The molecule has 25 heavy (non-hydrogen) atoms. The highest BCUT2D eigenvalue weighted by molar-refractivity contribution is 6.31. The highest BCUT2D eigenvalue weighted by atomic mass is 35.5. The Morgan fingerprint density at radius 2 is 2.20 bits per heavy atom. The molecule has 1 aromatic carbocycles. The van der Waals surface area contributed by atoms with E-state index in [2.05, 4.69) is 4.98 Å². The van der Waals surface area contributed by atoms with Gasteiger partial charge in [-0.2, -0.15) is 5.26 Å². The number of hydrogen-bond donors (Lipinski definition) is 2. The molecule has 3 N–H and O–H groups in total. The molecule has 0 radical (unpaired) electrons. The van der Waals surface area contributed by atoms with Gasteiger partial charge in [0.25, 0.3) is 5.56 Å². The van der Waals surface area contributed by atoms with Crippen molar-refractivity contribution >= 4 is 11.6 Å². The zero-order valence-corrected chi connectivity index (χ0v) is 14.2. The molecule has 2 heterocycles. The number of allylic oxidation sites excluding steroid dienone is 1. The number of H-pyrrole nitrogens is 1. The number of hydrogen-bond acceptors (Lipinski definition) is 4. The number of benzene rings is 1. The third-order valence-electron chi connectivity index (χ3n) is 4.08. The van der Waals surface area contributed by atoms with Gasteiger partial charge >= 0.3 is 0 Å². The van der Waals surface area contributed by atoms with E-state index in [4.69, 9.17) is 22.1 Å². The monoisotopic (exact) mass is 359 g/mol. The van der Waals surface area contributed by atoms with Gasteiger partial charge in [-0.25, -0.2) is 4.39 Å². The molecule has 1 aliphatic rings. The number of aryl methyl sites for hydroxylation is 1. The average Bonchev–Trinajstić information content (AvgIpc) is 2.54. The van der Waals surface area contributed by atoms with E-state index in [-0.39, 0.29) is 33.4 Å². The molecule has 5 nitrogen and oxygen atoms in total. The van der Waals surface area contributed by atoms with Crippen LogP contribution in [-0.2, 0) is 6.42 Å². The molecule has 1 unspecified atom stereocenters. The molecule has 0 aliphatic carbocycles. The zero-order chi connectivity index (χ0) is 18.1. The summed E-state index contributed by atoms with van der Waals surface area (Å²) in [4.78, 5) is 15.4. The van der Waals surface area contributed by atoms with Crippen LogP contribution in [-0.4, -0.2) is 4.98 Å². The molecule has 2 aromatic rings. The Hall–Kier alpha value is -2.78. The minimum atomic E-state index is -1.03. The number of aromatic amines is 1. The van der Waals surface area contributed by atoms with Gasteiger partial charge in [-0.05, 0) is 18.6 Å². The van der Waals surface area contributed by atoms with Crippen molar-refractivity contribution in [3.8, 4) is 11.8 Å². The van der Waals surface area contributed by atoms with Gasteiger partial charge < -0.3 is 15.5 Å². The minimum Gasteiger partial charge on any atom is -0.440 e. The fourth-order valence-electron chi connectivity index (χ4n) is 3.01. The normalized spacial score (nSPS) is 16.2. The number of nitriles is 1. The average molecular weight is 360 g/mol. The number of nitrogens with two attached hydrogens (primary N) is 1. The summed E-state index contributed by atoms with van der Waals surface area (Å²) >= 11 is 6.17. The number of pyridine rings is 1. The summed E-state index contributed by atoms with van der Waals surface area (Å²) < 4.78 is 20.0. The Balaban J connectivity index is 2.32. The van der Waals surface area contributed by atoms with Crippen molar-refractivity contribution in [2.45, 2.75) is 25.7 Å². The van der Waals surface area contributed by atoms with Crippen LogP contribution in [0.1, 0.15) is 36.1 Å². The molecule has 1 atom stereocenters. The Morgan fingerprint density at radius 3 is 2.84 bits per heavy atom. The van der Waals surface area contributed by atoms with Crippen LogP contribution in [0.3, 0.4) is 0 Å². The Morgan fingerprint density at radius 1 is 1.44 bits per heavy atom. The van der Waals surface area contributed by atoms with E-state index in [1.54, 1.807) is 6.07 Å². The smallest absolute Gasteiger partial charge is 0.256 e. The van der Waals surface area contributed by atoms with E-state index in [1.165, 1.54) is 18.2 Å². The summed E-state index contributed by atoms with van der Waals surface area (Å²) in [5, 5.41) is 9.59. The number of nitrogens with one attached hydrogen (secondary N) is 1. The van der Waals surface area contributed by atoms with E-state index < -0.39 is 17.3 Å². The van der Waals surface area contributed by atoms with Gasteiger partial charge in [0.05, 0.1) is 11.5 Å². The first kappa shape index (κ1) is 17.1. The number of rotatable bonds is 3. The number of aromatic nitrogens is 1. The molecule has 7 heteroatoms. The van der Waals surface area contributed by atoms with Crippen molar-refractivity contribution in [1.29, 1.82) is 5.26 Å². The van der Waals surface area contributed by atoms with Gasteiger partial charge in [0.1, 0.15) is 23.2 Å². The lowest BCUT2D eigenvalue weighted by Gasteiger charge is -2.26. The van der Waals surface area contributed by atoms with Crippen LogP contribution < -0.4 is 16.0 Å². The van der Waals surface area contributed by atoms with Crippen LogP contribution >= 0.6 is 11.6 Å². The van der Waals surface area contributed by atoms with Crippen molar-refractivity contribution in [2.75, 3.05) is 0 Å². The van der Waals surface area contributed by atoms with Gasteiger partial charge in [-0.1, -0.05) is 31.0 Å². The molecule has 0 bridgehead atoms. The molecule has 0 spiro atoms. The summed E-state index contributed by atoms with van der Waals surface area (Å²) in [7, 11) is 0. The maximum Gasteiger partial charge on any atom is 0.256 e. The second kappa shape index (κ2) is 6.61. The summed E-state index contributed by atoms with van der Waals surface area (Å²) in [6, 6.07) is 7.75. The molecular formula is C18H15ClFN3O2. The predicted octanol–water partition coefficient (Wildman–Crippen LogP) is 3.34. The number of nitrogens with zero attached hydrogens (tertiary/aromatic N) is 1. The topological polar surface area (TPSA) is 91.9 Å². The third kappa shape index (κ3) is 2.87. The first-order chi connectivity index (χ1) is 12.0. The Kier molecular flexibility index (Phi) is 4.51. The zero-order valence-electron chi connectivity index (χ0n) is 13.4. The van der Waals surface area contributed by atoms with E-state index in [9.17, 15) is 14.4 Å². The van der Waals surface area contributed by atoms with E-state index >= 15 is 0 Å². The highest BCUT2D eigenvalue weighted by Gasteiger charge is 2.36. The second-order valence-corrected chi connectivity index (χ2v) is 6.12. The van der Waals surface area contributed by atoms with Crippen molar-refractivity contribution < 1.29 is 9.13 Å². The Bertz CT molecular complexity index is 955. The maximum absolute atomic E-state index is 14.5. The van der Waals surface area contributed by atoms with Crippen LogP contribution in [0.15, 0.2) is 40.5 Å². The summed E-state index contributed by atoms with van der Waals surface area (Å²) in [6.07, 6.45) is 1.47. The van der Waals surface area contributed by atoms with Crippen molar-refractivity contribution in [1.82, 2.24) is 4.98 Å². The molecule has 0 fully saturated rings. The van der Waals surface area contributed by atoms with Crippen LogP contribution in [0.25, 0.3) is 0 Å². The standard InChI is InChI=1S/C18H15ClFN3O2/c1-2-4-9-7-13-16(18(24)23-9)14(10(8-21)17(22)25-13)15-11(19)5-3-6-12(15)20/h3,5-7,14H,2,4,22H2,1H3,(H,23,24). The van der Waals surface area contributed by atoms with Crippen LogP contribution in [0.5, 0.6) is 5.75 Å². The number of halogens is 2. The van der Waals surface area contributed by atoms with Crippen molar-refractivity contribution in [3.05, 3.63) is 73.7 Å². The fraction of sp³-hybridized carbons (Fsp3) is 0.222. The van der Waals surface area contributed by atoms with E-state index in [0.717, 1.165) is 6.42 Å². The summed E-state index contributed by atoms with van der Waals surface area (Å²) in [5.74, 6) is -1.59. The lowest BCUT2D eigenvalue weighted by molar-refractivity contribution is 0.389. The van der Waals surface area contributed by atoms with Crippen LogP contribution in [0, 0.1) is 17.1 Å². The molecular weight excluding hydrogens is 345 g/mol. The molecule has 0 saturated carbocycles. The largest absolute Gasteiger partial charge is 0.440 e. The van der Waals surface area contributed by atoms with Gasteiger partial charge in [-0.15, -0.1) is 0 Å². The molecule has 1 aromatic heterocycles. The second-order valence-electron chi connectivity index (χ2n) is 5.71. The van der Waals surface area contributed by atoms with Gasteiger partial charge in [0.2, 0.25) is 5.88 Å². The minimum absolute atomic E-state index is 0.0296. The maximum atomic E-state index is 14.5. The molecule has 128 valence electrons. The Labute approximate surface area is 148 Å². The summed E-state index contributed by atoms with van der Waals surface area (Å²) in [6.45, 7) is 1.97. The van der Waals surface area contributed by atoms with Gasteiger partial charge in [0, 0.05) is 22.3 Å². The lowest BCUT2D eigenvalue weighted by atomic mass is 9.83. The molecule has 3 rings (SSSR count). The van der Waals surface area contributed by atoms with Crippen molar-refractivity contribution in [2.24, 2.45) is 5.73 Å². The fourth-order valence-corrected chi connectivity index (χ4v) is 3.29. The van der Waals surface area contributed by atoms with E-state index in [1.807, 2.05) is 13.0 Å². The van der Waals surface area contributed by atoms with Gasteiger partial charge in [-0.3, -0.25) is 4.79 Å². The molecule has 0 amide bonds. The third-order valence-corrected chi connectivity index (χ3v) is 4.41. The predicted molar refractivity (Wildman–Crippen MR) is 91.8 cm³/mol. The van der Waals surface area contributed by atoms with Crippen LogP contribution in [0.2, 0.25) is 5.02 Å². The lowest BCUT2D eigenvalue weighted by Crippen LogP contribution is -2.29. The molecule has 0 saturated heterocycles. The van der Waals surface area contributed by atoms with E-state index in [0.29, 0.717) is 12.1 Å². The SMILES string of the molecule is CCCc1cc2c(c(=O)[nH]1)C(c1c(F)cccc1Cl)C(C#N)=C(N)O2. The summed E-state index contributed by atoms with van der Waals surface area (Å²) in [5.41, 5.74) is 6.19. The van der Waals surface area contributed by atoms with Crippen LogP contribution in [0.4, 0.5) is 4.39 Å². The number of fused-ring (bicyclic) bond motifs is 1. The first-order valence-electron chi connectivity index (χ1n) is 7.75.